The van der Waals surface area contributed by atoms with Crippen molar-refractivity contribution in [1.82, 2.24) is 9.80 Å². The zero-order chi connectivity index (χ0) is 15.5. The summed E-state index contributed by atoms with van der Waals surface area (Å²) in [7, 11) is 0. The maximum absolute atomic E-state index is 13.0. The lowest BCUT2D eigenvalue weighted by molar-refractivity contribution is 0.140. The van der Waals surface area contributed by atoms with Crippen LogP contribution in [0.5, 0.6) is 0 Å². The van der Waals surface area contributed by atoms with Gasteiger partial charge in [-0.2, -0.15) is 0 Å². The van der Waals surface area contributed by atoms with Crippen LogP contribution in [0, 0.1) is 5.82 Å². The Balaban J connectivity index is 1.61. The monoisotopic (exact) mass is 304 g/mol. The molecular weight excluding hydrogens is 279 g/mol. The van der Waals surface area contributed by atoms with Crippen LogP contribution in [0.4, 0.5) is 9.18 Å². The maximum atomic E-state index is 13.0. The molecule has 0 aliphatic carbocycles. The normalized spacial score (nSPS) is 25.0. The molecule has 0 spiro atoms. The summed E-state index contributed by atoms with van der Waals surface area (Å²) in [5.41, 5.74) is 1.15. The number of hydrogen-bond acceptors (Lipinski definition) is 1. The molecule has 0 radical (unpaired) electrons. The Morgan fingerprint density at radius 3 is 2.55 bits per heavy atom. The highest BCUT2D eigenvalue weighted by atomic mass is 19.1. The van der Waals surface area contributed by atoms with E-state index in [1.165, 1.54) is 12.1 Å². The third-order valence-electron chi connectivity index (χ3n) is 5.06. The number of halogens is 1. The van der Waals surface area contributed by atoms with Crippen molar-refractivity contribution in [3.63, 3.8) is 0 Å². The lowest BCUT2D eigenvalue weighted by Crippen LogP contribution is -2.47. The van der Waals surface area contributed by atoms with Gasteiger partial charge in [0.1, 0.15) is 5.82 Å². The van der Waals surface area contributed by atoms with Crippen LogP contribution in [0.15, 0.2) is 24.3 Å². The van der Waals surface area contributed by atoms with Crippen LogP contribution in [0.25, 0.3) is 0 Å². The molecule has 120 valence electrons. The number of rotatable bonds is 3. The van der Waals surface area contributed by atoms with Crippen molar-refractivity contribution in [1.29, 1.82) is 0 Å². The van der Waals surface area contributed by atoms with Crippen molar-refractivity contribution in [2.24, 2.45) is 0 Å². The zero-order valence-electron chi connectivity index (χ0n) is 13.3. The lowest BCUT2D eigenvalue weighted by Gasteiger charge is -2.32. The molecular formula is C18H25FN2O. The molecule has 2 aliphatic rings. The molecule has 0 aromatic heterocycles. The summed E-state index contributed by atoms with van der Waals surface area (Å²) in [6, 6.07) is 7.62. The Morgan fingerprint density at radius 1 is 1.18 bits per heavy atom. The van der Waals surface area contributed by atoms with Gasteiger partial charge in [-0.1, -0.05) is 12.1 Å². The fourth-order valence-corrected chi connectivity index (χ4v) is 3.76. The second-order valence-electron chi connectivity index (χ2n) is 6.63. The fourth-order valence-electron chi connectivity index (χ4n) is 3.76. The maximum Gasteiger partial charge on any atom is 0.320 e. The van der Waals surface area contributed by atoms with Gasteiger partial charge in [0.15, 0.2) is 0 Å². The van der Waals surface area contributed by atoms with Gasteiger partial charge in [0.25, 0.3) is 0 Å². The Morgan fingerprint density at radius 2 is 1.86 bits per heavy atom. The van der Waals surface area contributed by atoms with Crippen LogP contribution >= 0.6 is 0 Å². The van der Waals surface area contributed by atoms with Crippen molar-refractivity contribution in [3.05, 3.63) is 35.6 Å². The van der Waals surface area contributed by atoms with E-state index >= 15 is 0 Å². The molecule has 0 unspecified atom stereocenters. The van der Waals surface area contributed by atoms with E-state index in [4.69, 9.17) is 0 Å². The first-order valence-electron chi connectivity index (χ1n) is 8.47. The summed E-state index contributed by atoms with van der Waals surface area (Å²) in [5.74, 6) is -0.191. The average molecular weight is 304 g/mol. The summed E-state index contributed by atoms with van der Waals surface area (Å²) >= 11 is 0. The summed E-state index contributed by atoms with van der Waals surface area (Å²) < 4.78 is 13.0. The molecule has 2 fully saturated rings. The quantitative estimate of drug-likeness (QED) is 0.832. The van der Waals surface area contributed by atoms with E-state index in [0.717, 1.165) is 57.2 Å². The van der Waals surface area contributed by atoms with Gasteiger partial charge >= 0.3 is 6.03 Å². The van der Waals surface area contributed by atoms with Gasteiger partial charge in [-0.25, -0.2) is 9.18 Å². The molecule has 4 heteroatoms. The number of nitrogens with zero attached hydrogens (tertiary/aromatic N) is 2. The van der Waals surface area contributed by atoms with Crippen molar-refractivity contribution in [2.75, 3.05) is 13.1 Å². The molecule has 2 amide bonds. The second-order valence-corrected chi connectivity index (χ2v) is 6.63. The van der Waals surface area contributed by atoms with Gasteiger partial charge in [0, 0.05) is 25.2 Å². The van der Waals surface area contributed by atoms with E-state index in [1.54, 1.807) is 0 Å². The van der Waals surface area contributed by atoms with E-state index in [1.807, 2.05) is 17.0 Å². The van der Waals surface area contributed by atoms with Gasteiger partial charge < -0.3 is 9.80 Å². The Hall–Kier alpha value is -1.58. The summed E-state index contributed by atoms with van der Waals surface area (Å²) in [6.07, 6.45) is 6.31. The van der Waals surface area contributed by atoms with Crippen LogP contribution in [0.1, 0.15) is 44.6 Å². The van der Waals surface area contributed by atoms with E-state index < -0.39 is 0 Å². The number of aryl methyl sites for hydroxylation is 1. The number of benzene rings is 1. The minimum atomic E-state index is -0.191. The third kappa shape index (κ3) is 3.26. The van der Waals surface area contributed by atoms with E-state index in [2.05, 4.69) is 11.8 Å². The molecule has 3 nitrogen and oxygen atoms in total. The van der Waals surface area contributed by atoms with Crippen LogP contribution in [-0.4, -0.2) is 41.0 Å². The molecule has 22 heavy (non-hydrogen) atoms. The second kappa shape index (κ2) is 6.67. The fraction of sp³-hybridized carbons (Fsp3) is 0.611. The van der Waals surface area contributed by atoms with Crippen LogP contribution in [0.3, 0.4) is 0 Å². The smallest absolute Gasteiger partial charge is 0.320 e. The molecule has 0 N–H and O–H groups in total. The molecule has 2 aliphatic heterocycles. The predicted octanol–water partition coefficient (Wildman–Crippen LogP) is 3.83. The van der Waals surface area contributed by atoms with Gasteiger partial charge in [-0.3, -0.25) is 0 Å². The topological polar surface area (TPSA) is 23.6 Å². The molecule has 2 saturated heterocycles. The van der Waals surface area contributed by atoms with E-state index in [9.17, 15) is 9.18 Å². The van der Waals surface area contributed by atoms with Crippen molar-refractivity contribution in [2.45, 2.75) is 57.5 Å². The summed E-state index contributed by atoms with van der Waals surface area (Å²) in [5, 5.41) is 0. The number of urea groups is 1. The number of likely N-dealkylation sites (tertiary alicyclic amines) is 2. The number of carbonyl (C=O) groups excluding carboxylic acids is 1. The lowest BCUT2D eigenvalue weighted by atomic mass is 10.0. The Bertz CT molecular complexity index is 510. The first kappa shape index (κ1) is 15.3. The van der Waals surface area contributed by atoms with Crippen LogP contribution in [0.2, 0.25) is 0 Å². The Labute approximate surface area is 132 Å². The zero-order valence-corrected chi connectivity index (χ0v) is 13.3. The van der Waals surface area contributed by atoms with E-state index in [0.29, 0.717) is 12.1 Å². The minimum absolute atomic E-state index is 0.191. The highest BCUT2D eigenvalue weighted by molar-refractivity contribution is 5.75. The van der Waals surface area contributed by atoms with Gasteiger partial charge in [-0.15, -0.1) is 0 Å². The van der Waals surface area contributed by atoms with Crippen molar-refractivity contribution in [3.8, 4) is 0 Å². The molecule has 1 aromatic carbocycles. The SMILES string of the molecule is C[C@@H]1CC[C@H](CCc2ccc(F)cc2)N1C(=O)N1CCCC1. The third-order valence-corrected chi connectivity index (χ3v) is 5.06. The highest BCUT2D eigenvalue weighted by Gasteiger charge is 2.36. The number of carbonyl (C=O) groups is 1. The molecule has 2 heterocycles. The average Bonchev–Trinajstić information content (AvgIpc) is 3.16. The predicted molar refractivity (Wildman–Crippen MR) is 85.2 cm³/mol. The van der Waals surface area contributed by atoms with Gasteiger partial charge in [0.05, 0.1) is 0 Å². The largest absolute Gasteiger partial charge is 0.325 e. The highest BCUT2D eigenvalue weighted by Crippen LogP contribution is 2.29. The van der Waals surface area contributed by atoms with Crippen LogP contribution < -0.4 is 0 Å². The van der Waals surface area contributed by atoms with Crippen LogP contribution in [-0.2, 0) is 6.42 Å². The molecule has 1 aromatic rings. The molecule has 2 atom stereocenters. The first-order chi connectivity index (χ1) is 10.6. The summed E-state index contributed by atoms with van der Waals surface area (Å²) in [4.78, 5) is 16.8. The van der Waals surface area contributed by atoms with Gasteiger partial charge in [-0.05, 0) is 63.1 Å². The molecule has 0 bridgehead atoms. The number of hydrogen-bond donors (Lipinski definition) is 0. The first-order valence-corrected chi connectivity index (χ1v) is 8.47. The molecule has 0 saturated carbocycles. The van der Waals surface area contributed by atoms with E-state index in [-0.39, 0.29) is 11.8 Å². The number of amides is 2. The van der Waals surface area contributed by atoms with Gasteiger partial charge in [0.2, 0.25) is 0 Å². The summed E-state index contributed by atoms with van der Waals surface area (Å²) in [6.45, 7) is 3.98. The standard InChI is InChI=1S/C18H25FN2O/c1-14-4-10-17(11-7-15-5-8-16(19)9-6-15)21(14)18(22)20-12-2-3-13-20/h5-6,8-9,14,17H,2-4,7,10-13H2,1H3/t14-,17-/m1/s1. The van der Waals surface area contributed by atoms with Crippen molar-refractivity contribution < 1.29 is 9.18 Å². The van der Waals surface area contributed by atoms with Crippen molar-refractivity contribution >= 4 is 6.03 Å². The molecule has 3 rings (SSSR count). The minimum Gasteiger partial charge on any atom is -0.325 e. The Kier molecular flexibility index (Phi) is 4.65.